The Morgan fingerprint density at radius 1 is 1.69 bits per heavy atom. The molecule has 1 rings (SSSR count). The van der Waals surface area contributed by atoms with Crippen molar-refractivity contribution >= 4 is 17.7 Å². The Morgan fingerprint density at radius 3 is 3.08 bits per heavy atom. The van der Waals surface area contributed by atoms with Crippen LogP contribution in [0.4, 0.5) is 0 Å². The van der Waals surface area contributed by atoms with Gasteiger partial charge in [0, 0.05) is 11.8 Å². The van der Waals surface area contributed by atoms with Gasteiger partial charge in [-0.25, -0.2) is 0 Å². The summed E-state index contributed by atoms with van der Waals surface area (Å²) in [5, 5.41) is 3.34. The third-order valence-electron chi connectivity index (χ3n) is 2.33. The standard InChI is InChI=1S/C9H17NO2S/c1-3-10-8-4-5-13-6-7(8)9(11)12-2/h7-8,10H,3-6H2,1-2H3. The lowest BCUT2D eigenvalue weighted by Gasteiger charge is -2.29. The first kappa shape index (κ1) is 10.9. The largest absolute Gasteiger partial charge is 0.469 e. The maximum atomic E-state index is 11.4. The summed E-state index contributed by atoms with van der Waals surface area (Å²) in [5.74, 6) is 2.01. The van der Waals surface area contributed by atoms with E-state index in [1.165, 1.54) is 7.11 Å². The molecule has 76 valence electrons. The molecule has 2 atom stereocenters. The number of nitrogens with one attached hydrogen (secondary N) is 1. The van der Waals surface area contributed by atoms with Crippen LogP contribution in [-0.2, 0) is 9.53 Å². The Kier molecular flexibility index (Phi) is 4.59. The molecule has 0 aliphatic carbocycles. The fraction of sp³-hybridized carbons (Fsp3) is 0.889. The van der Waals surface area contributed by atoms with Gasteiger partial charge in [0.1, 0.15) is 0 Å². The number of methoxy groups -OCH3 is 1. The maximum absolute atomic E-state index is 11.4. The van der Waals surface area contributed by atoms with Gasteiger partial charge in [0.15, 0.2) is 0 Å². The number of esters is 1. The van der Waals surface area contributed by atoms with Crippen LogP contribution < -0.4 is 5.32 Å². The van der Waals surface area contributed by atoms with E-state index in [-0.39, 0.29) is 11.9 Å². The smallest absolute Gasteiger partial charge is 0.311 e. The Hall–Kier alpha value is -0.220. The molecule has 1 heterocycles. The highest BCUT2D eigenvalue weighted by Crippen LogP contribution is 2.24. The van der Waals surface area contributed by atoms with Gasteiger partial charge in [-0.2, -0.15) is 11.8 Å². The average Bonchev–Trinajstić information content (AvgIpc) is 2.18. The molecule has 1 fully saturated rings. The van der Waals surface area contributed by atoms with E-state index in [1.54, 1.807) is 0 Å². The van der Waals surface area contributed by atoms with E-state index in [0.717, 1.165) is 24.5 Å². The molecule has 0 aromatic heterocycles. The van der Waals surface area contributed by atoms with E-state index in [9.17, 15) is 4.79 Å². The van der Waals surface area contributed by atoms with Crippen LogP contribution >= 0.6 is 11.8 Å². The molecular weight excluding hydrogens is 186 g/mol. The van der Waals surface area contributed by atoms with Crippen LogP contribution in [0.25, 0.3) is 0 Å². The molecular formula is C9H17NO2S. The number of hydrogen-bond acceptors (Lipinski definition) is 4. The number of carbonyl (C=O) groups excluding carboxylic acids is 1. The first-order valence-electron chi connectivity index (χ1n) is 4.68. The predicted octanol–water partition coefficient (Wildman–Crippen LogP) is 0.891. The van der Waals surface area contributed by atoms with Crippen LogP contribution in [0.2, 0.25) is 0 Å². The molecule has 0 saturated carbocycles. The van der Waals surface area contributed by atoms with Crippen molar-refractivity contribution in [3.63, 3.8) is 0 Å². The van der Waals surface area contributed by atoms with Gasteiger partial charge in [-0.1, -0.05) is 6.92 Å². The molecule has 1 aliphatic heterocycles. The SMILES string of the molecule is CCNC1CCSCC1C(=O)OC. The van der Waals surface area contributed by atoms with Gasteiger partial charge in [0.05, 0.1) is 13.0 Å². The summed E-state index contributed by atoms with van der Waals surface area (Å²) in [5.41, 5.74) is 0. The van der Waals surface area contributed by atoms with E-state index in [0.29, 0.717) is 6.04 Å². The number of rotatable bonds is 3. The number of thioether (sulfide) groups is 1. The van der Waals surface area contributed by atoms with Crippen LogP contribution in [-0.4, -0.2) is 37.2 Å². The molecule has 1 N–H and O–H groups in total. The van der Waals surface area contributed by atoms with Gasteiger partial charge in [0.25, 0.3) is 0 Å². The molecule has 0 bridgehead atoms. The van der Waals surface area contributed by atoms with Crippen molar-refractivity contribution in [2.75, 3.05) is 25.2 Å². The quantitative estimate of drug-likeness (QED) is 0.691. The summed E-state index contributed by atoms with van der Waals surface area (Å²) in [7, 11) is 1.46. The van der Waals surface area contributed by atoms with Crippen molar-refractivity contribution in [1.82, 2.24) is 5.32 Å². The third kappa shape index (κ3) is 2.88. The molecule has 0 amide bonds. The minimum absolute atomic E-state index is 0.0451. The van der Waals surface area contributed by atoms with Crippen molar-refractivity contribution in [3.05, 3.63) is 0 Å². The fourth-order valence-corrected chi connectivity index (χ4v) is 2.84. The summed E-state index contributed by atoms with van der Waals surface area (Å²) >= 11 is 1.84. The molecule has 1 saturated heterocycles. The minimum Gasteiger partial charge on any atom is -0.469 e. The van der Waals surface area contributed by atoms with Crippen molar-refractivity contribution in [2.24, 2.45) is 5.92 Å². The van der Waals surface area contributed by atoms with Gasteiger partial charge >= 0.3 is 5.97 Å². The van der Waals surface area contributed by atoms with E-state index in [2.05, 4.69) is 12.2 Å². The topological polar surface area (TPSA) is 38.3 Å². The highest BCUT2D eigenvalue weighted by Gasteiger charge is 2.31. The summed E-state index contributed by atoms with van der Waals surface area (Å²) < 4.78 is 4.77. The fourth-order valence-electron chi connectivity index (χ4n) is 1.63. The van der Waals surface area contributed by atoms with Crippen molar-refractivity contribution in [3.8, 4) is 0 Å². The lowest BCUT2D eigenvalue weighted by Crippen LogP contribution is -2.44. The zero-order valence-corrected chi connectivity index (χ0v) is 9.02. The summed E-state index contributed by atoms with van der Waals surface area (Å²) in [6.07, 6.45) is 1.07. The zero-order valence-electron chi connectivity index (χ0n) is 8.21. The average molecular weight is 203 g/mol. The second-order valence-electron chi connectivity index (χ2n) is 3.16. The second-order valence-corrected chi connectivity index (χ2v) is 4.31. The summed E-state index contributed by atoms with van der Waals surface area (Å²) in [6, 6.07) is 0.318. The van der Waals surface area contributed by atoms with Crippen LogP contribution in [0, 0.1) is 5.92 Å². The normalized spacial score (nSPS) is 28.5. The first-order valence-corrected chi connectivity index (χ1v) is 5.84. The lowest BCUT2D eigenvalue weighted by molar-refractivity contribution is -0.145. The number of ether oxygens (including phenoxy) is 1. The van der Waals surface area contributed by atoms with E-state index >= 15 is 0 Å². The zero-order chi connectivity index (χ0) is 9.68. The molecule has 0 aromatic rings. The van der Waals surface area contributed by atoms with Gasteiger partial charge in [-0.05, 0) is 18.7 Å². The predicted molar refractivity (Wildman–Crippen MR) is 54.9 cm³/mol. The molecule has 13 heavy (non-hydrogen) atoms. The molecule has 0 spiro atoms. The van der Waals surface area contributed by atoms with Crippen LogP contribution in [0.5, 0.6) is 0 Å². The first-order chi connectivity index (χ1) is 6.29. The Balaban J connectivity index is 2.50. The van der Waals surface area contributed by atoms with Crippen LogP contribution in [0.1, 0.15) is 13.3 Å². The Labute approximate surface area is 83.6 Å². The van der Waals surface area contributed by atoms with Gasteiger partial charge in [-0.15, -0.1) is 0 Å². The van der Waals surface area contributed by atoms with Crippen LogP contribution in [0.3, 0.4) is 0 Å². The van der Waals surface area contributed by atoms with Crippen molar-refractivity contribution < 1.29 is 9.53 Å². The second kappa shape index (κ2) is 5.50. The summed E-state index contributed by atoms with van der Waals surface area (Å²) in [6.45, 7) is 2.99. The molecule has 1 aliphatic rings. The van der Waals surface area contributed by atoms with Gasteiger partial charge in [-0.3, -0.25) is 4.79 Å². The summed E-state index contributed by atoms with van der Waals surface area (Å²) in [4.78, 5) is 11.4. The maximum Gasteiger partial charge on any atom is 0.311 e. The third-order valence-corrected chi connectivity index (χ3v) is 3.45. The van der Waals surface area contributed by atoms with Crippen LogP contribution in [0.15, 0.2) is 0 Å². The van der Waals surface area contributed by atoms with E-state index < -0.39 is 0 Å². The molecule has 2 unspecified atom stereocenters. The molecule has 3 nitrogen and oxygen atoms in total. The molecule has 0 aromatic carbocycles. The molecule has 0 radical (unpaired) electrons. The van der Waals surface area contributed by atoms with Gasteiger partial charge < -0.3 is 10.1 Å². The van der Waals surface area contributed by atoms with E-state index in [1.807, 2.05) is 11.8 Å². The highest BCUT2D eigenvalue weighted by molar-refractivity contribution is 7.99. The Bertz CT molecular complexity index is 173. The monoisotopic (exact) mass is 203 g/mol. The van der Waals surface area contributed by atoms with Crippen molar-refractivity contribution in [1.29, 1.82) is 0 Å². The van der Waals surface area contributed by atoms with E-state index in [4.69, 9.17) is 4.74 Å². The number of carbonyl (C=O) groups is 1. The number of hydrogen-bond donors (Lipinski definition) is 1. The molecule has 4 heteroatoms. The Morgan fingerprint density at radius 2 is 2.46 bits per heavy atom. The highest BCUT2D eigenvalue weighted by atomic mass is 32.2. The van der Waals surface area contributed by atoms with Crippen molar-refractivity contribution in [2.45, 2.75) is 19.4 Å². The lowest BCUT2D eigenvalue weighted by atomic mass is 9.99. The van der Waals surface area contributed by atoms with Gasteiger partial charge in [0.2, 0.25) is 0 Å². The minimum atomic E-state index is -0.0712.